The predicted molar refractivity (Wildman–Crippen MR) is 87.1 cm³/mol. The summed E-state index contributed by atoms with van der Waals surface area (Å²) >= 11 is 0. The number of aliphatic imine (C=N–C) groups is 1. The molecule has 0 aliphatic heterocycles. The van der Waals surface area contributed by atoms with Gasteiger partial charge in [0.15, 0.2) is 5.96 Å². The molecule has 1 aromatic rings. The number of rotatable bonds is 4. The molecule has 0 bridgehead atoms. The summed E-state index contributed by atoms with van der Waals surface area (Å²) in [4.78, 5) is 14.9. The normalized spacial score (nSPS) is 10.4. The second kappa shape index (κ2) is 8.57. The van der Waals surface area contributed by atoms with Gasteiger partial charge in [0.05, 0.1) is 12.8 Å². The van der Waals surface area contributed by atoms with Crippen molar-refractivity contribution in [1.29, 1.82) is 0 Å². The number of guanidine groups is 1. The van der Waals surface area contributed by atoms with E-state index in [2.05, 4.69) is 15.6 Å². The molecular formula is C12H19IN4O2. The largest absolute Gasteiger partial charge is 0.495 e. The average Bonchev–Trinajstić information content (AvgIpc) is 2.35. The third-order valence-corrected chi connectivity index (χ3v) is 2.29. The van der Waals surface area contributed by atoms with Gasteiger partial charge in [-0.15, -0.1) is 24.0 Å². The minimum absolute atomic E-state index is 0. The van der Waals surface area contributed by atoms with E-state index in [0.717, 1.165) is 5.56 Å². The quantitative estimate of drug-likeness (QED) is 0.419. The first-order chi connectivity index (χ1) is 8.56. The standard InChI is InChI=1S/C12H18N4O2.HI/c1-8(17)16-10-6-9(4-5-11(10)18-3)7-15-12(13)14-2;/h4-6H,7H2,1-3H3,(H,16,17)(H3,13,14,15);1H. The van der Waals surface area contributed by atoms with Crippen LogP contribution >= 0.6 is 24.0 Å². The molecule has 6 nitrogen and oxygen atoms in total. The van der Waals surface area contributed by atoms with Gasteiger partial charge < -0.3 is 21.1 Å². The molecule has 0 aliphatic rings. The van der Waals surface area contributed by atoms with Crippen molar-refractivity contribution < 1.29 is 9.53 Å². The van der Waals surface area contributed by atoms with Crippen molar-refractivity contribution in [2.45, 2.75) is 13.5 Å². The van der Waals surface area contributed by atoms with Crippen LogP contribution in [0.4, 0.5) is 5.69 Å². The lowest BCUT2D eigenvalue weighted by molar-refractivity contribution is -0.114. The van der Waals surface area contributed by atoms with Gasteiger partial charge in [0, 0.05) is 20.5 Å². The number of nitrogens with two attached hydrogens (primary N) is 1. The lowest BCUT2D eigenvalue weighted by atomic mass is 10.2. The first kappa shape index (κ1) is 17.5. The fraction of sp³-hybridized carbons (Fsp3) is 0.333. The van der Waals surface area contributed by atoms with E-state index in [-0.39, 0.29) is 29.9 Å². The van der Waals surface area contributed by atoms with E-state index in [0.29, 0.717) is 23.9 Å². The molecule has 0 unspecified atom stereocenters. The van der Waals surface area contributed by atoms with Crippen molar-refractivity contribution in [3.8, 4) is 5.75 Å². The number of nitrogens with one attached hydrogen (secondary N) is 2. The molecule has 4 N–H and O–H groups in total. The van der Waals surface area contributed by atoms with E-state index in [1.54, 1.807) is 20.2 Å². The summed E-state index contributed by atoms with van der Waals surface area (Å²) < 4.78 is 5.16. The van der Waals surface area contributed by atoms with Crippen LogP contribution in [0.2, 0.25) is 0 Å². The van der Waals surface area contributed by atoms with Gasteiger partial charge >= 0.3 is 0 Å². The Morgan fingerprint density at radius 1 is 1.47 bits per heavy atom. The third-order valence-electron chi connectivity index (χ3n) is 2.29. The summed E-state index contributed by atoms with van der Waals surface area (Å²) in [5, 5.41) is 5.65. The Hall–Kier alpha value is -1.51. The minimum atomic E-state index is -0.145. The summed E-state index contributed by atoms with van der Waals surface area (Å²) in [6.07, 6.45) is 0. The molecule has 0 aromatic heterocycles. The number of amides is 1. The molecule has 0 heterocycles. The third kappa shape index (κ3) is 5.77. The zero-order chi connectivity index (χ0) is 13.5. The van der Waals surface area contributed by atoms with Crippen LogP contribution in [0.25, 0.3) is 0 Å². The van der Waals surface area contributed by atoms with E-state index >= 15 is 0 Å². The number of methoxy groups -OCH3 is 1. The number of anilines is 1. The van der Waals surface area contributed by atoms with Crippen molar-refractivity contribution in [1.82, 2.24) is 5.32 Å². The molecular weight excluding hydrogens is 359 g/mol. The number of halogens is 1. The van der Waals surface area contributed by atoms with Gasteiger partial charge in [0.2, 0.25) is 5.91 Å². The number of carbonyl (C=O) groups excluding carboxylic acids is 1. The molecule has 0 atom stereocenters. The molecule has 0 spiro atoms. The fourth-order valence-electron chi connectivity index (χ4n) is 1.42. The minimum Gasteiger partial charge on any atom is -0.495 e. The van der Waals surface area contributed by atoms with Crippen LogP contribution in [0.5, 0.6) is 5.75 Å². The molecule has 19 heavy (non-hydrogen) atoms. The summed E-state index contributed by atoms with van der Waals surface area (Å²) in [6.45, 7) is 1.98. The van der Waals surface area contributed by atoms with Crippen LogP contribution in [0, 0.1) is 0 Å². The zero-order valence-corrected chi connectivity index (χ0v) is 13.5. The SMILES string of the molecule is CN=C(N)NCc1ccc(OC)c(NC(C)=O)c1.I. The van der Waals surface area contributed by atoms with Crippen LogP contribution in [-0.4, -0.2) is 26.0 Å². The lowest BCUT2D eigenvalue weighted by Crippen LogP contribution is -2.30. The highest BCUT2D eigenvalue weighted by Gasteiger charge is 2.06. The maximum Gasteiger partial charge on any atom is 0.221 e. The zero-order valence-electron chi connectivity index (χ0n) is 11.2. The highest BCUT2D eigenvalue weighted by Crippen LogP contribution is 2.25. The molecule has 0 radical (unpaired) electrons. The van der Waals surface area contributed by atoms with E-state index < -0.39 is 0 Å². The van der Waals surface area contributed by atoms with Crippen molar-refractivity contribution in [2.75, 3.05) is 19.5 Å². The Balaban J connectivity index is 0.00000324. The molecule has 1 amide bonds. The molecule has 0 saturated carbocycles. The first-order valence-electron chi connectivity index (χ1n) is 5.47. The molecule has 0 saturated heterocycles. The highest BCUT2D eigenvalue weighted by atomic mass is 127. The summed E-state index contributed by atoms with van der Waals surface area (Å²) in [6, 6.07) is 5.51. The fourth-order valence-corrected chi connectivity index (χ4v) is 1.42. The summed E-state index contributed by atoms with van der Waals surface area (Å²) in [7, 11) is 3.17. The van der Waals surface area contributed by atoms with Gasteiger partial charge in [-0.3, -0.25) is 9.79 Å². The number of hydrogen-bond donors (Lipinski definition) is 3. The molecule has 0 fully saturated rings. The van der Waals surface area contributed by atoms with Crippen molar-refractivity contribution in [2.24, 2.45) is 10.7 Å². The average molecular weight is 378 g/mol. The van der Waals surface area contributed by atoms with Gasteiger partial charge in [-0.2, -0.15) is 0 Å². The molecule has 0 aliphatic carbocycles. The molecule has 7 heteroatoms. The van der Waals surface area contributed by atoms with Crippen molar-refractivity contribution in [3.63, 3.8) is 0 Å². The van der Waals surface area contributed by atoms with Gasteiger partial charge in [-0.05, 0) is 17.7 Å². The Kier molecular flexibility index (Phi) is 7.89. The summed E-state index contributed by atoms with van der Waals surface area (Å²) in [5.41, 5.74) is 7.14. The maximum atomic E-state index is 11.1. The number of carbonyl (C=O) groups is 1. The number of hydrogen-bond acceptors (Lipinski definition) is 3. The van der Waals surface area contributed by atoms with Crippen LogP contribution in [0.1, 0.15) is 12.5 Å². The van der Waals surface area contributed by atoms with Crippen LogP contribution in [0.15, 0.2) is 23.2 Å². The first-order valence-corrected chi connectivity index (χ1v) is 5.47. The topological polar surface area (TPSA) is 88.7 Å². The van der Waals surface area contributed by atoms with Gasteiger partial charge in [-0.25, -0.2) is 0 Å². The van der Waals surface area contributed by atoms with Crippen LogP contribution < -0.4 is 21.1 Å². The Bertz CT molecular complexity index is 463. The molecule has 1 aromatic carbocycles. The van der Waals surface area contributed by atoms with E-state index in [1.807, 2.05) is 12.1 Å². The number of benzene rings is 1. The van der Waals surface area contributed by atoms with Gasteiger partial charge in [0.1, 0.15) is 5.75 Å². The van der Waals surface area contributed by atoms with Crippen LogP contribution in [-0.2, 0) is 11.3 Å². The smallest absolute Gasteiger partial charge is 0.221 e. The monoisotopic (exact) mass is 378 g/mol. The Labute approximate surface area is 129 Å². The van der Waals surface area contributed by atoms with E-state index in [4.69, 9.17) is 10.5 Å². The lowest BCUT2D eigenvalue weighted by Gasteiger charge is -2.11. The number of ether oxygens (including phenoxy) is 1. The van der Waals surface area contributed by atoms with E-state index in [1.165, 1.54) is 6.92 Å². The van der Waals surface area contributed by atoms with Crippen molar-refractivity contribution in [3.05, 3.63) is 23.8 Å². The Morgan fingerprint density at radius 2 is 2.16 bits per heavy atom. The van der Waals surface area contributed by atoms with E-state index in [9.17, 15) is 4.79 Å². The predicted octanol–water partition coefficient (Wildman–Crippen LogP) is 1.31. The van der Waals surface area contributed by atoms with Gasteiger partial charge in [0.25, 0.3) is 0 Å². The van der Waals surface area contributed by atoms with Crippen LogP contribution in [0.3, 0.4) is 0 Å². The highest BCUT2D eigenvalue weighted by molar-refractivity contribution is 14.0. The maximum absolute atomic E-state index is 11.1. The van der Waals surface area contributed by atoms with Crippen molar-refractivity contribution >= 4 is 41.5 Å². The van der Waals surface area contributed by atoms with Gasteiger partial charge in [-0.1, -0.05) is 6.07 Å². The second-order valence-electron chi connectivity index (χ2n) is 3.68. The second-order valence-corrected chi connectivity index (χ2v) is 3.68. The number of nitrogens with zero attached hydrogens (tertiary/aromatic N) is 1. The molecule has 1 rings (SSSR count). The molecule has 106 valence electrons. The Morgan fingerprint density at radius 3 is 2.68 bits per heavy atom. The summed E-state index contributed by atoms with van der Waals surface area (Å²) in [5.74, 6) is 0.839.